The van der Waals surface area contributed by atoms with Crippen molar-refractivity contribution in [2.24, 2.45) is 5.84 Å². The largest absolute Gasteiger partial charge is 0.383 e. The third kappa shape index (κ3) is 2.45. The lowest BCUT2D eigenvalue weighted by Crippen LogP contribution is -2.53. The van der Waals surface area contributed by atoms with Crippen molar-refractivity contribution in [2.75, 3.05) is 19.8 Å². The maximum Gasteiger partial charge on any atom is 0.128 e. The summed E-state index contributed by atoms with van der Waals surface area (Å²) < 4.78 is 0. The second-order valence-corrected chi connectivity index (χ2v) is 5.79. The standard InChI is InChI=1S/C14H25N5/c1-10-8-11(13(15)17-9-10)12(18-16)14(19(2)3)6-4-5-7-14/h8-9,12,18H,4-7,16H2,1-3H3,(H2,15,17). The van der Waals surface area contributed by atoms with E-state index in [1.807, 2.05) is 6.92 Å². The highest BCUT2D eigenvalue weighted by atomic mass is 15.3. The molecule has 5 heteroatoms. The molecule has 1 aromatic rings. The Morgan fingerprint density at radius 2 is 2.00 bits per heavy atom. The van der Waals surface area contributed by atoms with Gasteiger partial charge in [0.2, 0.25) is 0 Å². The molecule has 1 aromatic heterocycles. The van der Waals surface area contributed by atoms with Crippen molar-refractivity contribution in [1.82, 2.24) is 15.3 Å². The van der Waals surface area contributed by atoms with Crippen LogP contribution in [0.2, 0.25) is 0 Å². The predicted octanol–water partition coefficient (Wildman–Crippen LogP) is 1.35. The number of rotatable bonds is 4. The highest BCUT2D eigenvalue weighted by Crippen LogP contribution is 2.44. The van der Waals surface area contributed by atoms with Crippen molar-refractivity contribution >= 4 is 5.82 Å². The van der Waals surface area contributed by atoms with Crippen LogP contribution >= 0.6 is 0 Å². The Bertz CT molecular complexity index is 437. The number of pyridine rings is 1. The molecule has 1 fully saturated rings. The number of aryl methyl sites for hydroxylation is 1. The minimum atomic E-state index is 0.0115. The zero-order valence-corrected chi connectivity index (χ0v) is 12.1. The number of nitrogens with zero attached hydrogens (tertiary/aromatic N) is 2. The molecular weight excluding hydrogens is 238 g/mol. The molecular formula is C14H25N5. The molecule has 5 nitrogen and oxygen atoms in total. The van der Waals surface area contributed by atoms with E-state index >= 15 is 0 Å². The smallest absolute Gasteiger partial charge is 0.128 e. The molecule has 1 atom stereocenters. The van der Waals surface area contributed by atoms with Gasteiger partial charge in [0.1, 0.15) is 5.82 Å². The summed E-state index contributed by atoms with van der Waals surface area (Å²) in [6.45, 7) is 2.03. The summed E-state index contributed by atoms with van der Waals surface area (Å²) in [7, 11) is 4.24. The van der Waals surface area contributed by atoms with E-state index in [-0.39, 0.29) is 11.6 Å². The summed E-state index contributed by atoms with van der Waals surface area (Å²) in [5, 5.41) is 0. The number of hydrogen-bond donors (Lipinski definition) is 3. The minimum absolute atomic E-state index is 0.0115. The average Bonchev–Trinajstić information content (AvgIpc) is 2.85. The number of hydrogen-bond acceptors (Lipinski definition) is 5. The first-order valence-corrected chi connectivity index (χ1v) is 6.87. The summed E-state index contributed by atoms with van der Waals surface area (Å²) in [6.07, 6.45) is 6.51. The number of nitrogen functional groups attached to an aromatic ring is 1. The van der Waals surface area contributed by atoms with Crippen LogP contribution in [0.5, 0.6) is 0 Å². The van der Waals surface area contributed by atoms with E-state index in [0.717, 1.165) is 24.0 Å². The zero-order chi connectivity index (χ0) is 14.0. The van der Waals surface area contributed by atoms with Crippen LogP contribution in [-0.2, 0) is 0 Å². The lowest BCUT2D eigenvalue weighted by atomic mass is 9.82. The third-order valence-corrected chi connectivity index (χ3v) is 4.46. The van der Waals surface area contributed by atoms with Gasteiger partial charge in [-0.05, 0) is 45.5 Å². The third-order valence-electron chi connectivity index (χ3n) is 4.46. The Kier molecular flexibility index (Phi) is 4.08. The molecule has 0 aliphatic heterocycles. The fourth-order valence-corrected chi connectivity index (χ4v) is 3.35. The van der Waals surface area contributed by atoms with Crippen LogP contribution in [0.3, 0.4) is 0 Å². The first-order chi connectivity index (χ1) is 9.01. The first kappa shape index (κ1) is 14.2. The van der Waals surface area contributed by atoms with Gasteiger partial charge in [-0.15, -0.1) is 0 Å². The van der Waals surface area contributed by atoms with E-state index in [9.17, 15) is 0 Å². The molecule has 1 aliphatic carbocycles. The van der Waals surface area contributed by atoms with Crippen molar-refractivity contribution in [3.8, 4) is 0 Å². The molecule has 2 rings (SSSR count). The highest BCUT2D eigenvalue weighted by molar-refractivity contribution is 5.44. The molecule has 0 bridgehead atoms. The van der Waals surface area contributed by atoms with Crippen LogP contribution in [0, 0.1) is 6.92 Å². The summed E-state index contributed by atoms with van der Waals surface area (Å²) in [5.74, 6) is 6.44. The van der Waals surface area contributed by atoms with Crippen molar-refractivity contribution < 1.29 is 0 Å². The number of nitrogens with two attached hydrogens (primary N) is 2. The van der Waals surface area contributed by atoms with Crippen molar-refractivity contribution in [3.63, 3.8) is 0 Å². The normalized spacial score (nSPS) is 19.8. The number of likely N-dealkylation sites (N-methyl/N-ethyl adjacent to an activating group) is 1. The van der Waals surface area contributed by atoms with Crippen LogP contribution in [0.15, 0.2) is 12.3 Å². The van der Waals surface area contributed by atoms with E-state index in [0.29, 0.717) is 5.82 Å². The van der Waals surface area contributed by atoms with E-state index in [1.54, 1.807) is 6.20 Å². The summed E-state index contributed by atoms with van der Waals surface area (Å²) in [6, 6.07) is 2.11. The number of hydrazine groups is 1. The molecule has 0 aromatic carbocycles. The SMILES string of the molecule is Cc1cnc(N)c(C(NN)C2(N(C)C)CCCC2)c1. The summed E-state index contributed by atoms with van der Waals surface area (Å²) >= 11 is 0. The second kappa shape index (κ2) is 5.45. The van der Waals surface area contributed by atoms with E-state index in [2.05, 4.69) is 35.5 Å². The van der Waals surface area contributed by atoms with Gasteiger partial charge < -0.3 is 10.6 Å². The van der Waals surface area contributed by atoms with Crippen LogP contribution < -0.4 is 17.0 Å². The van der Waals surface area contributed by atoms with Gasteiger partial charge in [-0.2, -0.15) is 0 Å². The zero-order valence-electron chi connectivity index (χ0n) is 12.1. The van der Waals surface area contributed by atoms with Gasteiger partial charge in [0.15, 0.2) is 0 Å². The van der Waals surface area contributed by atoms with E-state index < -0.39 is 0 Å². The highest BCUT2D eigenvalue weighted by Gasteiger charge is 2.44. The summed E-state index contributed by atoms with van der Waals surface area (Å²) in [4.78, 5) is 6.56. The van der Waals surface area contributed by atoms with Gasteiger partial charge >= 0.3 is 0 Å². The lowest BCUT2D eigenvalue weighted by Gasteiger charge is -2.43. The van der Waals surface area contributed by atoms with Gasteiger partial charge in [-0.25, -0.2) is 4.98 Å². The number of nitrogens with one attached hydrogen (secondary N) is 1. The lowest BCUT2D eigenvalue weighted by molar-refractivity contribution is 0.105. The molecule has 0 spiro atoms. The number of aromatic nitrogens is 1. The fourth-order valence-electron chi connectivity index (χ4n) is 3.35. The Labute approximate surface area is 115 Å². The molecule has 1 heterocycles. The Balaban J connectivity index is 2.45. The van der Waals surface area contributed by atoms with Crippen molar-refractivity contribution in [1.29, 1.82) is 0 Å². The van der Waals surface area contributed by atoms with Crippen LogP contribution in [0.25, 0.3) is 0 Å². The van der Waals surface area contributed by atoms with Crippen LogP contribution in [0.4, 0.5) is 5.82 Å². The van der Waals surface area contributed by atoms with Gasteiger partial charge in [0.05, 0.1) is 6.04 Å². The second-order valence-electron chi connectivity index (χ2n) is 5.79. The fraction of sp³-hybridized carbons (Fsp3) is 0.643. The average molecular weight is 263 g/mol. The molecule has 106 valence electrons. The minimum Gasteiger partial charge on any atom is -0.383 e. The molecule has 1 unspecified atom stereocenters. The van der Waals surface area contributed by atoms with Crippen molar-refractivity contribution in [3.05, 3.63) is 23.4 Å². The van der Waals surface area contributed by atoms with Crippen LogP contribution in [-0.4, -0.2) is 29.5 Å². The molecule has 0 radical (unpaired) electrons. The molecule has 19 heavy (non-hydrogen) atoms. The summed E-state index contributed by atoms with van der Waals surface area (Å²) in [5.41, 5.74) is 11.2. The van der Waals surface area contributed by atoms with Gasteiger partial charge in [0, 0.05) is 17.3 Å². The van der Waals surface area contributed by atoms with E-state index in [1.165, 1.54) is 12.8 Å². The van der Waals surface area contributed by atoms with Crippen LogP contribution in [0.1, 0.15) is 42.9 Å². The predicted molar refractivity (Wildman–Crippen MR) is 78.3 cm³/mol. The topological polar surface area (TPSA) is 80.2 Å². The van der Waals surface area contributed by atoms with Gasteiger partial charge in [-0.3, -0.25) is 11.3 Å². The Morgan fingerprint density at radius 3 is 2.53 bits per heavy atom. The number of anilines is 1. The molecule has 0 amide bonds. The molecule has 1 aliphatic rings. The van der Waals surface area contributed by atoms with Gasteiger partial charge in [-0.1, -0.05) is 12.8 Å². The van der Waals surface area contributed by atoms with Gasteiger partial charge in [0.25, 0.3) is 0 Å². The monoisotopic (exact) mass is 263 g/mol. The van der Waals surface area contributed by atoms with E-state index in [4.69, 9.17) is 11.6 Å². The Hall–Kier alpha value is -1.17. The maximum absolute atomic E-state index is 6.07. The molecule has 5 N–H and O–H groups in total. The molecule has 0 saturated heterocycles. The molecule has 1 saturated carbocycles. The quantitative estimate of drug-likeness (QED) is 0.564. The maximum atomic E-state index is 6.07. The first-order valence-electron chi connectivity index (χ1n) is 6.87. The Morgan fingerprint density at radius 1 is 1.37 bits per heavy atom. The van der Waals surface area contributed by atoms with Crippen molar-refractivity contribution in [2.45, 2.75) is 44.2 Å².